The van der Waals surface area contributed by atoms with Crippen molar-refractivity contribution in [3.63, 3.8) is 0 Å². The van der Waals surface area contributed by atoms with E-state index in [1.165, 1.54) is 12.1 Å². The highest BCUT2D eigenvalue weighted by Gasteiger charge is 2.34. The Kier molecular flexibility index (Phi) is 3.85. The van der Waals surface area contributed by atoms with Crippen molar-refractivity contribution >= 4 is 23.0 Å². The summed E-state index contributed by atoms with van der Waals surface area (Å²) in [4.78, 5) is 25.3. The van der Waals surface area contributed by atoms with E-state index in [4.69, 9.17) is 0 Å². The smallest absolute Gasteiger partial charge is 0.269 e. The molecule has 0 saturated heterocycles. The fourth-order valence-electron chi connectivity index (χ4n) is 3.12. The summed E-state index contributed by atoms with van der Waals surface area (Å²) in [7, 11) is 0. The molecule has 1 unspecified atom stereocenters. The van der Waals surface area contributed by atoms with Gasteiger partial charge in [-0.05, 0) is 29.8 Å². The van der Waals surface area contributed by atoms with E-state index in [0.29, 0.717) is 11.3 Å². The van der Waals surface area contributed by atoms with Gasteiger partial charge < -0.3 is 5.32 Å². The molecule has 0 saturated carbocycles. The fourth-order valence-corrected chi connectivity index (χ4v) is 3.12. The summed E-state index contributed by atoms with van der Waals surface area (Å²) >= 11 is 0. The summed E-state index contributed by atoms with van der Waals surface area (Å²) in [5.74, 6) is -0.151. The number of carbonyl (C=O) groups is 1. The summed E-state index contributed by atoms with van der Waals surface area (Å²) < 4.78 is 0. The van der Waals surface area contributed by atoms with E-state index < -0.39 is 11.1 Å². The molecule has 1 heterocycles. The molecule has 0 radical (unpaired) electrons. The fraction of sp³-hybridized carbons (Fsp3) is 0.0500. The Hall–Kier alpha value is -3.67. The zero-order valence-electron chi connectivity index (χ0n) is 13.7. The van der Waals surface area contributed by atoms with Crippen molar-refractivity contribution in [1.29, 1.82) is 0 Å². The van der Waals surface area contributed by atoms with Crippen molar-refractivity contribution in [2.75, 3.05) is 10.2 Å². The lowest BCUT2D eigenvalue weighted by molar-refractivity contribution is -0.384. The van der Waals surface area contributed by atoms with Crippen LogP contribution in [0.5, 0.6) is 0 Å². The highest BCUT2D eigenvalue weighted by Crippen LogP contribution is 2.36. The van der Waals surface area contributed by atoms with Crippen LogP contribution in [-0.2, 0) is 0 Å². The summed E-state index contributed by atoms with van der Waals surface area (Å²) in [6.07, 6.45) is -0.403. The molecular weight excluding hydrogens is 330 g/mol. The molecule has 1 aliphatic rings. The van der Waals surface area contributed by atoms with Crippen LogP contribution in [0.25, 0.3) is 0 Å². The Balaban J connectivity index is 1.82. The molecule has 1 N–H and O–H groups in total. The monoisotopic (exact) mass is 345 g/mol. The van der Waals surface area contributed by atoms with Gasteiger partial charge in [0.15, 0.2) is 0 Å². The Bertz CT molecular complexity index is 971. The molecule has 3 aromatic carbocycles. The number of rotatable bonds is 3. The first-order valence-corrected chi connectivity index (χ1v) is 8.14. The van der Waals surface area contributed by atoms with E-state index in [1.54, 1.807) is 23.1 Å². The zero-order chi connectivity index (χ0) is 18.1. The molecule has 6 nitrogen and oxygen atoms in total. The van der Waals surface area contributed by atoms with Gasteiger partial charge in [-0.1, -0.05) is 42.5 Å². The Morgan fingerprint density at radius 3 is 2.23 bits per heavy atom. The quantitative estimate of drug-likeness (QED) is 0.565. The maximum atomic E-state index is 13.2. The van der Waals surface area contributed by atoms with Gasteiger partial charge >= 0.3 is 0 Å². The van der Waals surface area contributed by atoms with Crippen LogP contribution >= 0.6 is 0 Å². The van der Waals surface area contributed by atoms with Crippen molar-refractivity contribution in [1.82, 2.24) is 0 Å². The first-order valence-electron chi connectivity index (χ1n) is 8.14. The molecule has 0 aromatic heterocycles. The number of nitro benzene ring substituents is 1. The number of fused-ring (bicyclic) bond motifs is 1. The van der Waals surface area contributed by atoms with Gasteiger partial charge in [-0.2, -0.15) is 0 Å². The number of carbonyl (C=O) groups excluding carboxylic acids is 1. The number of non-ortho nitro benzene ring substituents is 1. The SMILES string of the molecule is O=C1c2ccccc2NC(c2ccccc2)N1c1ccc([N+](=O)[O-])cc1. The maximum Gasteiger partial charge on any atom is 0.269 e. The number of benzene rings is 3. The van der Waals surface area contributed by atoms with Crippen molar-refractivity contribution < 1.29 is 9.72 Å². The average Bonchev–Trinajstić information content (AvgIpc) is 2.69. The minimum Gasteiger partial charge on any atom is -0.360 e. The van der Waals surface area contributed by atoms with Gasteiger partial charge in [0, 0.05) is 23.5 Å². The molecule has 26 heavy (non-hydrogen) atoms. The number of hydrogen-bond acceptors (Lipinski definition) is 4. The van der Waals surface area contributed by atoms with E-state index >= 15 is 0 Å². The number of nitro groups is 1. The molecule has 1 amide bonds. The van der Waals surface area contributed by atoms with E-state index in [-0.39, 0.29) is 11.6 Å². The van der Waals surface area contributed by atoms with Crippen LogP contribution in [0.2, 0.25) is 0 Å². The lowest BCUT2D eigenvalue weighted by Gasteiger charge is -2.38. The molecule has 0 spiro atoms. The lowest BCUT2D eigenvalue weighted by Crippen LogP contribution is -2.43. The van der Waals surface area contributed by atoms with E-state index in [1.807, 2.05) is 48.5 Å². The van der Waals surface area contributed by atoms with E-state index in [2.05, 4.69) is 5.32 Å². The number of hydrogen-bond donors (Lipinski definition) is 1. The number of nitrogens with zero attached hydrogens (tertiary/aromatic N) is 2. The number of nitrogens with one attached hydrogen (secondary N) is 1. The second-order valence-electron chi connectivity index (χ2n) is 5.95. The Labute approximate surface area is 149 Å². The zero-order valence-corrected chi connectivity index (χ0v) is 13.7. The lowest BCUT2D eigenvalue weighted by atomic mass is 10.0. The summed E-state index contributed by atoms with van der Waals surface area (Å²) in [5.41, 5.74) is 2.84. The maximum absolute atomic E-state index is 13.2. The molecule has 0 aliphatic carbocycles. The Morgan fingerprint density at radius 2 is 1.54 bits per heavy atom. The van der Waals surface area contributed by atoms with Crippen molar-refractivity contribution in [3.8, 4) is 0 Å². The van der Waals surface area contributed by atoms with Gasteiger partial charge in [0.25, 0.3) is 11.6 Å². The third-order valence-corrected chi connectivity index (χ3v) is 4.38. The average molecular weight is 345 g/mol. The first-order chi connectivity index (χ1) is 12.6. The minimum atomic E-state index is -0.454. The molecule has 128 valence electrons. The van der Waals surface area contributed by atoms with Crippen LogP contribution in [0.4, 0.5) is 17.1 Å². The molecule has 3 aromatic rings. The highest BCUT2D eigenvalue weighted by molar-refractivity contribution is 6.12. The largest absolute Gasteiger partial charge is 0.360 e. The van der Waals surface area contributed by atoms with Crippen molar-refractivity contribution in [3.05, 3.63) is 100 Å². The first kappa shape index (κ1) is 15.8. The summed E-state index contributed by atoms with van der Waals surface area (Å²) in [5, 5.41) is 14.3. The van der Waals surface area contributed by atoms with Crippen LogP contribution in [0.3, 0.4) is 0 Å². The van der Waals surface area contributed by atoms with Gasteiger partial charge in [0.05, 0.1) is 10.5 Å². The normalized spacial score (nSPS) is 15.9. The second-order valence-corrected chi connectivity index (χ2v) is 5.95. The summed E-state index contributed by atoms with van der Waals surface area (Å²) in [6, 6.07) is 23.0. The van der Waals surface area contributed by atoms with Gasteiger partial charge in [-0.3, -0.25) is 19.8 Å². The predicted molar refractivity (Wildman–Crippen MR) is 99.2 cm³/mol. The Morgan fingerprint density at radius 1 is 0.885 bits per heavy atom. The number of anilines is 2. The third-order valence-electron chi connectivity index (χ3n) is 4.38. The van der Waals surface area contributed by atoms with Gasteiger partial charge in [0.2, 0.25) is 0 Å². The second kappa shape index (κ2) is 6.33. The van der Waals surface area contributed by atoms with Gasteiger partial charge in [-0.15, -0.1) is 0 Å². The van der Waals surface area contributed by atoms with Crippen LogP contribution in [0.1, 0.15) is 22.1 Å². The molecule has 1 atom stereocenters. The van der Waals surface area contributed by atoms with Crippen LogP contribution < -0.4 is 10.2 Å². The highest BCUT2D eigenvalue weighted by atomic mass is 16.6. The van der Waals surface area contributed by atoms with Gasteiger partial charge in [0.1, 0.15) is 6.17 Å². The molecular formula is C20H15N3O3. The van der Waals surface area contributed by atoms with Gasteiger partial charge in [-0.25, -0.2) is 0 Å². The molecule has 0 bridgehead atoms. The topological polar surface area (TPSA) is 75.5 Å². The molecule has 6 heteroatoms. The van der Waals surface area contributed by atoms with Crippen LogP contribution in [0.15, 0.2) is 78.9 Å². The standard InChI is InChI=1S/C20H15N3O3/c24-20-17-8-4-5-9-18(17)21-19(14-6-2-1-3-7-14)22(20)15-10-12-16(13-11-15)23(25)26/h1-13,19,21H. The summed E-state index contributed by atoms with van der Waals surface area (Å²) in [6.45, 7) is 0. The minimum absolute atomic E-state index is 0.0113. The molecule has 4 rings (SSSR count). The van der Waals surface area contributed by atoms with Crippen LogP contribution in [-0.4, -0.2) is 10.8 Å². The molecule has 0 fully saturated rings. The van der Waals surface area contributed by atoms with E-state index in [0.717, 1.165) is 11.3 Å². The third kappa shape index (κ3) is 2.67. The predicted octanol–water partition coefficient (Wildman–Crippen LogP) is 4.37. The van der Waals surface area contributed by atoms with Crippen molar-refractivity contribution in [2.45, 2.75) is 6.17 Å². The van der Waals surface area contributed by atoms with Crippen LogP contribution in [0, 0.1) is 10.1 Å². The number of amides is 1. The molecule has 1 aliphatic heterocycles. The van der Waals surface area contributed by atoms with Crippen molar-refractivity contribution in [2.24, 2.45) is 0 Å². The number of para-hydroxylation sites is 1. The van der Waals surface area contributed by atoms with E-state index in [9.17, 15) is 14.9 Å².